The molecule has 3 N–H and O–H groups in total. The van der Waals surface area contributed by atoms with Crippen molar-refractivity contribution in [2.75, 3.05) is 33.7 Å². The number of amides is 3. The number of hydrogen-bond acceptors (Lipinski definition) is 6. The summed E-state index contributed by atoms with van der Waals surface area (Å²) < 4.78 is 1.05. The molecule has 1 atom stereocenters. The van der Waals surface area contributed by atoms with Gasteiger partial charge in [-0.3, -0.25) is 19.6 Å². The Morgan fingerprint density at radius 1 is 1.22 bits per heavy atom. The third kappa shape index (κ3) is 6.51. The van der Waals surface area contributed by atoms with Gasteiger partial charge >= 0.3 is 0 Å². The molecule has 1 fully saturated rings. The van der Waals surface area contributed by atoms with E-state index in [0.29, 0.717) is 36.9 Å². The Kier molecular flexibility index (Phi) is 8.60. The van der Waals surface area contributed by atoms with Crippen LogP contribution in [0.15, 0.2) is 30.3 Å². The molecule has 8 nitrogen and oxygen atoms in total. The van der Waals surface area contributed by atoms with Crippen molar-refractivity contribution in [3.63, 3.8) is 0 Å². The van der Waals surface area contributed by atoms with Crippen LogP contribution in [0.1, 0.15) is 41.8 Å². The third-order valence-corrected chi connectivity index (χ3v) is 6.98. The predicted octanol–water partition coefficient (Wildman–Crippen LogP) is 2.48. The van der Waals surface area contributed by atoms with Crippen LogP contribution in [0.25, 0.3) is 10.1 Å². The van der Waals surface area contributed by atoms with Gasteiger partial charge in [-0.15, -0.1) is 11.3 Å². The molecule has 174 valence electrons. The van der Waals surface area contributed by atoms with Crippen LogP contribution >= 0.6 is 11.3 Å². The summed E-state index contributed by atoms with van der Waals surface area (Å²) in [5.41, 5.74) is 1.66. The van der Waals surface area contributed by atoms with Gasteiger partial charge in [0.2, 0.25) is 11.8 Å². The molecule has 0 saturated carbocycles. The van der Waals surface area contributed by atoms with Crippen molar-refractivity contribution in [3.05, 3.63) is 35.2 Å². The lowest BCUT2D eigenvalue weighted by Gasteiger charge is -2.35. The second-order valence-corrected chi connectivity index (χ2v) is 9.72. The molecule has 0 spiro atoms. The monoisotopic (exact) mass is 460 g/mol. The van der Waals surface area contributed by atoms with Crippen molar-refractivity contribution in [1.29, 1.82) is 0 Å². The minimum absolute atomic E-state index is 0.0498. The van der Waals surface area contributed by atoms with E-state index in [1.165, 1.54) is 11.3 Å². The van der Waals surface area contributed by atoms with Crippen LogP contribution in [0.4, 0.5) is 0 Å². The standard InChI is InChI=1S/C23H32N4O4S/c1-26(2)15-18(24-22(29)20-14-17-7-3-4-8-19(17)32-20)23(30)27-12-10-16(11-13-27)6-5-9-21(28)25-31/h3-4,7-8,14,16,18,31H,5-6,9-13,15H2,1-2H3,(H,24,29)(H,25,28). The zero-order chi connectivity index (χ0) is 23.1. The molecule has 0 bridgehead atoms. The lowest BCUT2D eigenvalue weighted by Crippen LogP contribution is -2.54. The van der Waals surface area contributed by atoms with Crippen LogP contribution < -0.4 is 10.8 Å². The maximum absolute atomic E-state index is 13.2. The van der Waals surface area contributed by atoms with Crippen LogP contribution in [-0.2, 0) is 9.59 Å². The first kappa shape index (κ1) is 24.2. The summed E-state index contributed by atoms with van der Waals surface area (Å²) in [5.74, 6) is -0.167. The average Bonchev–Trinajstić information content (AvgIpc) is 3.22. The molecule has 2 heterocycles. The highest BCUT2D eigenvalue weighted by atomic mass is 32.1. The lowest BCUT2D eigenvalue weighted by atomic mass is 9.91. The highest BCUT2D eigenvalue weighted by molar-refractivity contribution is 7.20. The second-order valence-electron chi connectivity index (χ2n) is 8.63. The fraction of sp³-hybridized carbons (Fsp3) is 0.522. The number of hydrogen-bond donors (Lipinski definition) is 3. The summed E-state index contributed by atoms with van der Waals surface area (Å²) in [7, 11) is 3.78. The number of carbonyl (C=O) groups is 3. The van der Waals surface area contributed by atoms with Gasteiger partial charge in [-0.05, 0) is 63.2 Å². The lowest BCUT2D eigenvalue weighted by molar-refractivity contribution is -0.135. The number of hydroxylamine groups is 1. The Morgan fingerprint density at radius 2 is 1.94 bits per heavy atom. The molecule has 1 aliphatic heterocycles. The van der Waals surface area contributed by atoms with E-state index in [4.69, 9.17) is 5.21 Å². The fourth-order valence-corrected chi connectivity index (χ4v) is 5.11. The Bertz CT molecular complexity index is 904. The smallest absolute Gasteiger partial charge is 0.262 e. The molecule has 9 heteroatoms. The highest BCUT2D eigenvalue weighted by Gasteiger charge is 2.30. The Labute approximate surface area is 192 Å². The van der Waals surface area contributed by atoms with Gasteiger partial charge in [-0.25, -0.2) is 5.48 Å². The largest absolute Gasteiger partial charge is 0.341 e. The molecule has 2 aromatic rings. The van der Waals surface area contributed by atoms with E-state index >= 15 is 0 Å². The maximum Gasteiger partial charge on any atom is 0.262 e. The van der Waals surface area contributed by atoms with E-state index in [1.54, 1.807) is 5.48 Å². The van der Waals surface area contributed by atoms with Gasteiger partial charge in [-0.1, -0.05) is 18.2 Å². The number of rotatable bonds is 9. The van der Waals surface area contributed by atoms with Gasteiger partial charge in [0.1, 0.15) is 6.04 Å². The zero-order valence-electron chi connectivity index (χ0n) is 18.7. The molecule has 1 unspecified atom stereocenters. The molecule has 3 amide bonds. The van der Waals surface area contributed by atoms with Gasteiger partial charge in [0.05, 0.1) is 4.88 Å². The quantitative estimate of drug-likeness (QED) is 0.394. The van der Waals surface area contributed by atoms with Crippen molar-refractivity contribution >= 4 is 39.1 Å². The van der Waals surface area contributed by atoms with Crippen LogP contribution in [0.2, 0.25) is 0 Å². The number of likely N-dealkylation sites (N-methyl/N-ethyl adjacent to an activating group) is 1. The summed E-state index contributed by atoms with van der Waals surface area (Å²) in [5, 5.41) is 12.6. The number of likely N-dealkylation sites (tertiary alicyclic amines) is 1. The summed E-state index contributed by atoms with van der Waals surface area (Å²) in [6, 6.07) is 9.12. The van der Waals surface area contributed by atoms with Crippen LogP contribution in [0.3, 0.4) is 0 Å². The number of benzene rings is 1. The molecular formula is C23H32N4O4S. The van der Waals surface area contributed by atoms with Crippen LogP contribution in [0.5, 0.6) is 0 Å². The Morgan fingerprint density at radius 3 is 2.59 bits per heavy atom. The van der Waals surface area contributed by atoms with E-state index in [-0.39, 0.29) is 17.7 Å². The van der Waals surface area contributed by atoms with Crippen LogP contribution in [0, 0.1) is 5.92 Å². The minimum Gasteiger partial charge on any atom is -0.341 e. The number of nitrogens with zero attached hydrogens (tertiary/aromatic N) is 2. The topological polar surface area (TPSA) is 102 Å². The predicted molar refractivity (Wildman–Crippen MR) is 125 cm³/mol. The van der Waals surface area contributed by atoms with E-state index in [0.717, 1.165) is 35.8 Å². The third-order valence-electron chi connectivity index (χ3n) is 5.87. The van der Waals surface area contributed by atoms with Gasteiger partial charge in [0, 0.05) is 30.8 Å². The first-order valence-corrected chi connectivity index (χ1v) is 11.8. The Hall–Kier alpha value is -2.49. The van der Waals surface area contributed by atoms with Gasteiger partial charge in [0.15, 0.2) is 0 Å². The molecule has 1 saturated heterocycles. The minimum atomic E-state index is -0.604. The number of piperidine rings is 1. The fourth-order valence-electron chi connectivity index (χ4n) is 4.14. The number of nitrogens with one attached hydrogen (secondary N) is 2. The second kappa shape index (κ2) is 11.4. The molecule has 1 aliphatic rings. The van der Waals surface area contributed by atoms with Gasteiger partial charge in [-0.2, -0.15) is 0 Å². The van der Waals surface area contributed by atoms with E-state index in [9.17, 15) is 14.4 Å². The van der Waals surface area contributed by atoms with Crippen molar-refractivity contribution in [3.8, 4) is 0 Å². The van der Waals surface area contributed by atoms with Crippen molar-refractivity contribution in [2.45, 2.75) is 38.1 Å². The number of thiophene rings is 1. The molecule has 0 aliphatic carbocycles. The summed E-state index contributed by atoms with van der Waals surface area (Å²) in [6.45, 7) is 1.74. The molecule has 1 aromatic heterocycles. The zero-order valence-corrected chi connectivity index (χ0v) is 19.5. The summed E-state index contributed by atoms with van der Waals surface area (Å²) >= 11 is 1.43. The average molecular weight is 461 g/mol. The Balaban J connectivity index is 1.56. The molecule has 3 rings (SSSR count). The number of fused-ring (bicyclic) bond motifs is 1. The summed E-state index contributed by atoms with van der Waals surface area (Å²) in [6.07, 6.45) is 3.69. The molecular weight excluding hydrogens is 428 g/mol. The van der Waals surface area contributed by atoms with Crippen molar-refractivity contribution in [1.82, 2.24) is 20.6 Å². The first-order chi connectivity index (χ1) is 15.4. The van der Waals surface area contributed by atoms with E-state index in [2.05, 4.69) is 5.32 Å². The van der Waals surface area contributed by atoms with E-state index < -0.39 is 6.04 Å². The van der Waals surface area contributed by atoms with Crippen LogP contribution in [-0.4, -0.2) is 72.5 Å². The SMILES string of the molecule is CN(C)CC(NC(=O)c1cc2ccccc2s1)C(=O)N1CCC(CCCC(=O)NO)CC1. The van der Waals surface area contributed by atoms with Gasteiger partial charge in [0.25, 0.3) is 5.91 Å². The van der Waals surface area contributed by atoms with Gasteiger partial charge < -0.3 is 15.1 Å². The molecule has 1 aromatic carbocycles. The maximum atomic E-state index is 13.2. The summed E-state index contributed by atoms with van der Waals surface area (Å²) in [4.78, 5) is 41.6. The molecule has 32 heavy (non-hydrogen) atoms. The van der Waals surface area contributed by atoms with Crippen molar-refractivity contribution < 1.29 is 19.6 Å². The molecule has 0 radical (unpaired) electrons. The van der Waals surface area contributed by atoms with Crippen molar-refractivity contribution in [2.24, 2.45) is 5.92 Å². The normalized spacial score (nSPS) is 15.7. The highest BCUT2D eigenvalue weighted by Crippen LogP contribution is 2.26. The first-order valence-electron chi connectivity index (χ1n) is 11.0. The van der Waals surface area contributed by atoms with E-state index in [1.807, 2.05) is 54.2 Å². The number of carbonyl (C=O) groups excluding carboxylic acids is 3.